The summed E-state index contributed by atoms with van der Waals surface area (Å²) in [7, 11) is 0. The molecule has 5 heteroatoms. The molecule has 2 N–H and O–H groups in total. The number of thioether (sulfide) groups is 1. The van der Waals surface area contributed by atoms with E-state index in [9.17, 15) is 4.79 Å². The number of amides is 2. The second-order valence-electron chi connectivity index (χ2n) is 6.83. The maximum absolute atomic E-state index is 12.4. The Balaban J connectivity index is 1.56. The SMILES string of the molecule is O=C(Nc1ccccc1CN1CCSCC1)NC1CCCCCC1. The first-order valence-electron chi connectivity index (χ1n) is 9.27. The zero-order valence-electron chi connectivity index (χ0n) is 14.4. The van der Waals surface area contributed by atoms with Gasteiger partial charge < -0.3 is 10.6 Å². The van der Waals surface area contributed by atoms with Gasteiger partial charge in [0.2, 0.25) is 0 Å². The molecule has 0 spiro atoms. The van der Waals surface area contributed by atoms with Crippen molar-refractivity contribution in [1.82, 2.24) is 10.2 Å². The molecule has 1 aliphatic heterocycles. The highest BCUT2D eigenvalue weighted by molar-refractivity contribution is 7.99. The molecule has 1 aromatic carbocycles. The monoisotopic (exact) mass is 347 g/mol. The average Bonchev–Trinajstić information content (AvgIpc) is 2.86. The number of nitrogens with zero attached hydrogens (tertiary/aromatic N) is 1. The van der Waals surface area contributed by atoms with Gasteiger partial charge in [0.1, 0.15) is 0 Å². The van der Waals surface area contributed by atoms with Gasteiger partial charge in [0, 0.05) is 42.9 Å². The number of anilines is 1. The molecule has 24 heavy (non-hydrogen) atoms. The zero-order chi connectivity index (χ0) is 16.6. The van der Waals surface area contributed by atoms with Crippen LogP contribution in [0.4, 0.5) is 10.5 Å². The van der Waals surface area contributed by atoms with Crippen molar-refractivity contribution in [2.75, 3.05) is 29.9 Å². The van der Waals surface area contributed by atoms with E-state index in [1.807, 2.05) is 23.9 Å². The van der Waals surface area contributed by atoms with Crippen LogP contribution in [0.3, 0.4) is 0 Å². The summed E-state index contributed by atoms with van der Waals surface area (Å²) in [6, 6.07) is 8.48. The van der Waals surface area contributed by atoms with E-state index in [2.05, 4.69) is 27.7 Å². The second-order valence-corrected chi connectivity index (χ2v) is 8.06. The second kappa shape index (κ2) is 9.33. The van der Waals surface area contributed by atoms with Crippen molar-refractivity contribution >= 4 is 23.5 Å². The first-order valence-corrected chi connectivity index (χ1v) is 10.4. The van der Waals surface area contributed by atoms with Gasteiger partial charge in [0.15, 0.2) is 0 Å². The Morgan fingerprint density at radius 2 is 1.79 bits per heavy atom. The Labute approximate surface area is 149 Å². The molecule has 2 aliphatic rings. The molecule has 1 aromatic rings. The largest absolute Gasteiger partial charge is 0.335 e. The average molecular weight is 348 g/mol. The van der Waals surface area contributed by atoms with Crippen molar-refractivity contribution in [3.05, 3.63) is 29.8 Å². The maximum Gasteiger partial charge on any atom is 0.319 e. The fourth-order valence-electron chi connectivity index (χ4n) is 3.55. The molecule has 0 unspecified atom stereocenters. The molecule has 132 valence electrons. The molecule has 2 fully saturated rings. The van der Waals surface area contributed by atoms with Gasteiger partial charge in [-0.15, -0.1) is 0 Å². The van der Waals surface area contributed by atoms with Crippen LogP contribution in [0.15, 0.2) is 24.3 Å². The summed E-state index contributed by atoms with van der Waals surface area (Å²) in [6.07, 6.45) is 7.29. The van der Waals surface area contributed by atoms with Crippen LogP contribution in [-0.4, -0.2) is 41.6 Å². The fraction of sp³-hybridized carbons (Fsp3) is 0.632. The standard InChI is InChI=1S/C19H29N3OS/c23-19(20-17-8-3-1-2-4-9-17)21-18-10-6-5-7-16(18)15-22-11-13-24-14-12-22/h5-7,10,17H,1-4,8-9,11-15H2,(H2,20,21,23). The number of carbonyl (C=O) groups excluding carboxylic acids is 1. The van der Waals surface area contributed by atoms with Crippen molar-refractivity contribution in [2.45, 2.75) is 51.1 Å². The number of benzene rings is 1. The highest BCUT2D eigenvalue weighted by Crippen LogP contribution is 2.20. The highest BCUT2D eigenvalue weighted by Gasteiger charge is 2.16. The first kappa shape index (κ1) is 17.6. The van der Waals surface area contributed by atoms with Gasteiger partial charge in [0.25, 0.3) is 0 Å². The summed E-state index contributed by atoms with van der Waals surface area (Å²) < 4.78 is 0. The quantitative estimate of drug-likeness (QED) is 0.807. The van der Waals surface area contributed by atoms with Crippen molar-refractivity contribution in [3.8, 4) is 0 Å². The normalized spacial score (nSPS) is 20.3. The van der Waals surface area contributed by atoms with Crippen molar-refractivity contribution < 1.29 is 4.79 Å². The number of para-hydroxylation sites is 1. The summed E-state index contributed by atoms with van der Waals surface area (Å²) in [5, 5.41) is 6.26. The van der Waals surface area contributed by atoms with E-state index in [0.717, 1.165) is 38.2 Å². The topological polar surface area (TPSA) is 44.4 Å². The predicted molar refractivity (Wildman–Crippen MR) is 103 cm³/mol. The molecule has 0 aromatic heterocycles. The van der Waals surface area contributed by atoms with E-state index in [-0.39, 0.29) is 6.03 Å². The van der Waals surface area contributed by atoms with Gasteiger partial charge in [0.05, 0.1) is 0 Å². The van der Waals surface area contributed by atoms with Gasteiger partial charge in [-0.2, -0.15) is 11.8 Å². The lowest BCUT2D eigenvalue weighted by Crippen LogP contribution is -2.38. The summed E-state index contributed by atoms with van der Waals surface area (Å²) in [6.45, 7) is 3.18. The lowest BCUT2D eigenvalue weighted by Gasteiger charge is -2.27. The van der Waals surface area contributed by atoms with Gasteiger partial charge >= 0.3 is 6.03 Å². The number of hydrogen-bond acceptors (Lipinski definition) is 3. The molecule has 2 amide bonds. The first-order chi connectivity index (χ1) is 11.8. The van der Waals surface area contributed by atoms with E-state index < -0.39 is 0 Å². The summed E-state index contributed by atoms with van der Waals surface area (Å²) in [4.78, 5) is 14.9. The Morgan fingerprint density at radius 3 is 2.54 bits per heavy atom. The zero-order valence-corrected chi connectivity index (χ0v) is 15.2. The van der Waals surface area contributed by atoms with Gasteiger partial charge in [-0.05, 0) is 24.5 Å². The molecule has 4 nitrogen and oxygen atoms in total. The minimum Gasteiger partial charge on any atom is -0.335 e. The molecular weight excluding hydrogens is 318 g/mol. The van der Waals surface area contributed by atoms with Crippen molar-refractivity contribution in [2.24, 2.45) is 0 Å². The molecule has 1 aliphatic carbocycles. The van der Waals surface area contributed by atoms with E-state index in [1.54, 1.807) is 0 Å². The third-order valence-corrected chi connectivity index (χ3v) is 5.90. The Bertz CT molecular complexity index is 523. The smallest absolute Gasteiger partial charge is 0.319 e. The highest BCUT2D eigenvalue weighted by atomic mass is 32.2. The van der Waals surface area contributed by atoms with Crippen LogP contribution in [0.1, 0.15) is 44.1 Å². The van der Waals surface area contributed by atoms with E-state index >= 15 is 0 Å². The minimum absolute atomic E-state index is 0.0523. The van der Waals surface area contributed by atoms with Gasteiger partial charge in [-0.25, -0.2) is 4.79 Å². The maximum atomic E-state index is 12.4. The van der Waals surface area contributed by atoms with Crippen LogP contribution >= 0.6 is 11.8 Å². The Hall–Kier alpha value is -1.20. The molecule has 1 saturated carbocycles. The number of hydrogen-bond donors (Lipinski definition) is 2. The molecule has 1 heterocycles. The van der Waals surface area contributed by atoms with Crippen LogP contribution in [-0.2, 0) is 6.54 Å². The Kier molecular flexibility index (Phi) is 6.85. The number of rotatable bonds is 4. The van der Waals surface area contributed by atoms with E-state index in [4.69, 9.17) is 0 Å². The molecule has 1 saturated heterocycles. The van der Waals surface area contributed by atoms with Crippen LogP contribution in [0.25, 0.3) is 0 Å². The van der Waals surface area contributed by atoms with Crippen LogP contribution in [0.2, 0.25) is 0 Å². The predicted octanol–water partition coefficient (Wildman–Crippen LogP) is 4.08. The summed E-state index contributed by atoms with van der Waals surface area (Å²) >= 11 is 2.02. The van der Waals surface area contributed by atoms with Crippen LogP contribution < -0.4 is 10.6 Å². The molecular formula is C19H29N3OS. The number of urea groups is 1. The number of nitrogens with one attached hydrogen (secondary N) is 2. The fourth-order valence-corrected chi connectivity index (χ4v) is 4.53. The van der Waals surface area contributed by atoms with Crippen LogP contribution in [0, 0.1) is 0 Å². The Morgan fingerprint density at radius 1 is 1.08 bits per heavy atom. The summed E-state index contributed by atoms with van der Waals surface area (Å²) in [5.41, 5.74) is 2.15. The molecule has 0 atom stereocenters. The molecule has 0 bridgehead atoms. The third-order valence-electron chi connectivity index (χ3n) is 4.95. The lowest BCUT2D eigenvalue weighted by molar-refractivity contribution is 0.247. The molecule has 3 rings (SSSR count). The van der Waals surface area contributed by atoms with E-state index in [0.29, 0.717) is 6.04 Å². The van der Waals surface area contributed by atoms with E-state index in [1.165, 1.54) is 42.8 Å². The summed E-state index contributed by atoms with van der Waals surface area (Å²) in [5.74, 6) is 2.41. The van der Waals surface area contributed by atoms with Crippen molar-refractivity contribution in [1.29, 1.82) is 0 Å². The molecule has 0 radical (unpaired) electrons. The minimum atomic E-state index is -0.0523. The third kappa shape index (κ3) is 5.42. The van der Waals surface area contributed by atoms with Crippen molar-refractivity contribution in [3.63, 3.8) is 0 Å². The lowest BCUT2D eigenvalue weighted by atomic mass is 10.1. The van der Waals surface area contributed by atoms with Gasteiger partial charge in [-0.3, -0.25) is 4.90 Å². The van der Waals surface area contributed by atoms with Gasteiger partial charge in [-0.1, -0.05) is 43.9 Å². The number of carbonyl (C=O) groups is 1. The van der Waals surface area contributed by atoms with Crippen LogP contribution in [0.5, 0.6) is 0 Å².